The number of hydrogen-bond donors (Lipinski definition) is 3. The molecule has 3 N–H and O–H groups in total. The third-order valence-corrected chi connectivity index (χ3v) is 7.92. The smallest absolute Gasteiger partial charge is 0.411 e. The van der Waals surface area contributed by atoms with Crippen molar-refractivity contribution in [2.24, 2.45) is 0 Å². The summed E-state index contributed by atoms with van der Waals surface area (Å²) in [6, 6.07) is 9.93. The lowest BCUT2D eigenvalue weighted by molar-refractivity contribution is 0.102. The predicted molar refractivity (Wildman–Crippen MR) is 127 cm³/mol. The number of nitrogens with one attached hydrogen (secondary N) is 2. The Kier molecular flexibility index (Phi) is 8.21. The number of benzene rings is 2. The van der Waals surface area contributed by atoms with E-state index in [0.717, 1.165) is 4.90 Å². The second-order valence-electron chi connectivity index (χ2n) is 7.17. The maximum absolute atomic E-state index is 12.8. The Morgan fingerprint density at radius 1 is 1.18 bits per heavy atom. The summed E-state index contributed by atoms with van der Waals surface area (Å²) in [7, 11) is -2.40. The lowest BCUT2D eigenvalue weighted by Gasteiger charge is -2.20. The number of sulfonamides is 1. The van der Waals surface area contributed by atoms with Gasteiger partial charge in [-0.1, -0.05) is 15.9 Å². The number of likely N-dealkylation sites (tertiary alicyclic amines) is 1. The van der Waals surface area contributed by atoms with Crippen molar-refractivity contribution in [1.29, 1.82) is 0 Å². The van der Waals surface area contributed by atoms with Gasteiger partial charge < -0.3 is 19.5 Å². The summed E-state index contributed by atoms with van der Waals surface area (Å²) in [5, 5.41) is 12.1. The first-order valence-electron chi connectivity index (χ1n) is 9.64. The predicted octanol–water partition coefficient (Wildman–Crippen LogP) is 3.87. The summed E-state index contributed by atoms with van der Waals surface area (Å²) >= 11 is 6.47. The Labute approximate surface area is 207 Å². The van der Waals surface area contributed by atoms with E-state index >= 15 is 0 Å². The molecule has 33 heavy (non-hydrogen) atoms. The van der Waals surface area contributed by atoms with Crippen LogP contribution in [-0.2, 0) is 14.8 Å². The maximum Gasteiger partial charge on any atom is 0.411 e. The Morgan fingerprint density at radius 2 is 1.88 bits per heavy atom. The van der Waals surface area contributed by atoms with Gasteiger partial charge in [0.2, 0.25) is 10.0 Å². The van der Waals surface area contributed by atoms with Crippen LogP contribution in [0.4, 0.5) is 15.3 Å². The van der Waals surface area contributed by atoms with E-state index in [1.165, 1.54) is 13.2 Å². The van der Waals surface area contributed by atoms with Gasteiger partial charge in [-0.2, -0.15) is 0 Å². The average molecular weight is 607 g/mol. The van der Waals surface area contributed by atoms with Gasteiger partial charge in [0.05, 0.1) is 18.0 Å². The number of carbonyl (C=O) groups is 2. The molecule has 10 nitrogen and oxygen atoms in total. The van der Waals surface area contributed by atoms with Crippen molar-refractivity contribution < 1.29 is 32.6 Å². The van der Waals surface area contributed by atoms with Crippen LogP contribution in [-0.4, -0.2) is 63.0 Å². The molecule has 0 unspecified atom stereocenters. The van der Waals surface area contributed by atoms with Crippen LogP contribution in [0.3, 0.4) is 0 Å². The summed E-state index contributed by atoms with van der Waals surface area (Å²) < 4.78 is 39.4. The molecule has 178 valence electrons. The molecule has 2 aromatic carbocycles. The van der Waals surface area contributed by atoms with Crippen molar-refractivity contribution in [2.75, 3.05) is 25.6 Å². The Morgan fingerprint density at radius 3 is 2.52 bits per heavy atom. The zero-order chi connectivity index (χ0) is 24.2. The number of halogens is 2. The minimum absolute atomic E-state index is 0.0253. The summed E-state index contributed by atoms with van der Waals surface area (Å²) in [6.07, 6.45) is -1.84. The van der Waals surface area contributed by atoms with Crippen molar-refractivity contribution in [2.45, 2.75) is 23.4 Å². The van der Waals surface area contributed by atoms with Crippen LogP contribution in [0.25, 0.3) is 0 Å². The van der Waals surface area contributed by atoms with Crippen molar-refractivity contribution in [3.8, 4) is 5.75 Å². The van der Waals surface area contributed by atoms with Crippen LogP contribution >= 0.6 is 31.9 Å². The van der Waals surface area contributed by atoms with Crippen LogP contribution in [0.1, 0.15) is 6.42 Å². The molecule has 2 aromatic rings. The molecule has 2 amide bonds. The number of carbonyl (C=O) groups excluding carboxylic acids is 1. The monoisotopic (exact) mass is 605 g/mol. The van der Waals surface area contributed by atoms with Gasteiger partial charge in [-0.3, -0.25) is 5.32 Å². The minimum Gasteiger partial charge on any atom is -0.497 e. The number of rotatable bonds is 7. The van der Waals surface area contributed by atoms with Crippen LogP contribution in [0.5, 0.6) is 5.75 Å². The molecular weight excluding hydrogens is 586 g/mol. The summed E-state index contributed by atoms with van der Waals surface area (Å²) in [6.45, 7) is -0.304. The lowest BCUT2D eigenvalue weighted by atomic mass is 10.2. The van der Waals surface area contributed by atoms with Crippen molar-refractivity contribution in [1.82, 2.24) is 9.62 Å². The van der Waals surface area contributed by atoms with E-state index in [1.54, 1.807) is 36.4 Å². The molecule has 13 heteroatoms. The SMILES string of the molecule is COc1ccc(NC(=O)OC[C@H]2C[C@@H](NS(=O)(=O)c3cc(Br)ccc3Br)CN2C(=O)O)cc1. The highest BCUT2D eigenvalue weighted by atomic mass is 79.9. The summed E-state index contributed by atoms with van der Waals surface area (Å²) in [4.78, 5) is 24.9. The van der Waals surface area contributed by atoms with E-state index in [9.17, 15) is 23.1 Å². The normalized spacial score (nSPS) is 18.1. The number of anilines is 1. The number of methoxy groups -OCH3 is 1. The molecule has 1 saturated heterocycles. The average Bonchev–Trinajstić information content (AvgIpc) is 3.16. The lowest BCUT2D eigenvalue weighted by Crippen LogP contribution is -2.40. The topological polar surface area (TPSA) is 134 Å². The largest absolute Gasteiger partial charge is 0.497 e. The van der Waals surface area contributed by atoms with E-state index in [-0.39, 0.29) is 24.5 Å². The molecule has 2 atom stereocenters. The summed E-state index contributed by atoms with van der Waals surface area (Å²) in [5.41, 5.74) is 0.479. The van der Waals surface area contributed by atoms with Crippen LogP contribution < -0.4 is 14.8 Å². The second-order valence-corrected chi connectivity index (χ2v) is 10.6. The zero-order valence-corrected chi connectivity index (χ0v) is 21.3. The highest BCUT2D eigenvalue weighted by Crippen LogP contribution is 2.27. The fraction of sp³-hybridized carbons (Fsp3) is 0.300. The van der Waals surface area contributed by atoms with Crippen molar-refractivity contribution >= 4 is 59.8 Å². The molecule has 3 rings (SSSR count). The number of carboxylic acid groups (broad SMARTS) is 1. The van der Waals surface area contributed by atoms with E-state index < -0.39 is 34.3 Å². The third kappa shape index (κ3) is 6.59. The van der Waals surface area contributed by atoms with Gasteiger partial charge in [-0.05, 0) is 64.8 Å². The van der Waals surface area contributed by atoms with Gasteiger partial charge >= 0.3 is 12.2 Å². The van der Waals surface area contributed by atoms with Gasteiger partial charge in [0.1, 0.15) is 12.4 Å². The van der Waals surface area contributed by atoms with Crippen molar-refractivity contribution in [3.05, 3.63) is 51.4 Å². The fourth-order valence-corrected chi connectivity index (χ4v) is 6.10. The summed E-state index contributed by atoms with van der Waals surface area (Å²) in [5.74, 6) is 0.625. The van der Waals surface area contributed by atoms with E-state index in [0.29, 0.717) is 20.4 Å². The highest BCUT2D eigenvalue weighted by molar-refractivity contribution is 9.11. The quantitative estimate of drug-likeness (QED) is 0.435. The fourth-order valence-electron chi connectivity index (χ4n) is 3.36. The molecule has 1 aliphatic heterocycles. The number of amides is 2. The molecule has 0 aromatic heterocycles. The Hall–Kier alpha value is -2.35. The number of hydrogen-bond acceptors (Lipinski definition) is 6. The molecule has 0 radical (unpaired) electrons. The molecule has 1 aliphatic rings. The van der Waals surface area contributed by atoms with Gasteiger partial charge in [-0.15, -0.1) is 0 Å². The minimum atomic E-state index is -3.92. The molecule has 0 aliphatic carbocycles. The van der Waals surface area contributed by atoms with Gasteiger partial charge in [0, 0.05) is 27.2 Å². The molecular formula is C20H21Br2N3O7S. The standard InChI is InChI=1S/C20H21Br2N3O7S/c1-31-16-5-3-13(4-6-16)23-19(26)32-11-15-9-14(10-25(15)20(27)28)24-33(29,30)18-8-12(21)2-7-17(18)22/h2-8,14-15,24H,9-11H2,1H3,(H,23,26)(H,27,28)/t14-,15-/m1/s1. The first-order valence-corrected chi connectivity index (χ1v) is 12.7. The first kappa shape index (κ1) is 25.3. The van der Waals surface area contributed by atoms with Gasteiger partial charge in [0.15, 0.2) is 0 Å². The Balaban J connectivity index is 1.61. The maximum atomic E-state index is 12.8. The Bertz CT molecular complexity index is 1130. The molecule has 1 heterocycles. The molecule has 0 saturated carbocycles. The molecule has 0 spiro atoms. The third-order valence-electron chi connectivity index (χ3n) is 4.91. The molecule has 1 fully saturated rings. The van der Waals surface area contributed by atoms with E-state index in [1.807, 2.05) is 0 Å². The van der Waals surface area contributed by atoms with Crippen LogP contribution in [0, 0.1) is 0 Å². The van der Waals surface area contributed by atoms with Crippen LogP contribution in [0.15, 0.2) is 56.3 Å². The number of nitrogens with zero attached hydrogens (tertiary/aromatic N) is 1. The second kappa shape index (κ2) is 10.7. The van der Waals surface area contributed by atoms with Gasteiger partial charge in [0.25, 0.3) is 0 Å². The first-order chi connectivity index (χ1) is 15.6. The van der Waals surface area contributed by atoms with E-state index in [2.05, 4.69) is 41.9 Å². The van der Waals surface area contributed by atoms with Gasteiger partial charge in [-0.25, -0.2) is 22.7 Å². The zero-order valence-electron chi connectivity index (χ0n) is 17.3. The molecule has 0 bridgehead atoms. The number of ether oxygens (including phenoxy) is 2. The van der Waals surface area contributed by atoms with E-state index in [4.69, 9.17) is 9.47 Å². The van der Waals surface area contributed by atoms with Crippen molar-refractivity contribution in [3.63, 3.8) is 0 Å². The van der Waals surface area contributed by atoms with Crippen LogP contribution in [0.2, 0.25) is 0 Å². The highest BCUT2D eigenvalue weighted by Gasteiger charge is 2.38.